The molecule has 0 unspecified atom stereocenters. The number of hydrogen-bond donors (Lipinski definition) is 7. The van der Waals surface area contributed by atoms with Gasteiger partial charge in [0.25, 0.3) is 0 Å². The van der Waals surface area contributed by atoms with E-state index >= 15 is 0 Å². The topological polar surface area (TPSA) is 478 Å². The number of pyridine rings is 5. The van der Waals surface area contributed by atoms with Gasteiger partial charge in [0.2, 0.25) is 11.8 Å². The summed E-state index contributed by atoms with van der Waals surface area (Å²) in [5, 5.41) is 27.9. The van der Waals surface area contributed by atoms with Gasteiger partial charge in [-0.1, -0.05) is 0 Å². The highest BCUT2D eigenvalue weighted by atomic mass is 79.9. The predicted octanol–water partition coefficient (Wildman–Crippen LogP) is 15.5. The number of likely N-dealkylation sites (tertiary alicyclic amines) is 1. The first-order valence-corrected chi connectivity index (χ1v) is 53.9. The molecule has 2 saturated carbocycles. The summed E-state index contributed by atoms with van der Waals surface area (Å²) in [6.07, 6.45) is 28.2. The zero-order valence-electron chi connectivity index (χ0n) is 84.7. The van der Waals surface area contributed by atoms with Crippen molar-refractivity contribution >= 4 is 116 Å². The number of piperidine rings is 1. The Morgan fingerprint density at radius 1 is 0.597 bits per heavy atom. The van der Waals surface area contributed by atoms with Gasteiger partial charge in [0.1, 0.15) is 52.8 Å². The lowest BCUT2D eigenvalue weighted by Gasteiger charge is -2.42. The van der Waals surface area contributed by atoms with Gasteiger partial charge in [-0.15, -0.1) is 5.10 Å². The number of carbonyl (C=O) groups excluding carboxylic acids is 2. The standard InChI is InChI=1S/C23H31N7OS.C23H30N6O2S.C19H25BrN6.C19H22N8O.C17H18N8O/c1-15(2)29-11-12-30(16(3)14-29)20-13-19(23(7-8-23)32(4,24)31)27-22(28-20)18-6-10-26-21-17(18)5-9-25-21;1-15(2)28-10-6-18-17(5-9-25-22(18)28)21-26-19(23(7-8-23)32(4,24)30)13-20(27-21)29-11-12-31-14-16(29)3;1-12(2)25-6-4-5-13(11-25)15-7-17-16(14-8-22-24(3)10-14)9-23-26(17)19(21)18(15)20;1-5-26-16(28)9-21-18-19(26)24-15(8-20-18)13-6-7-14(23-12(13)4)17-22-10-27(25-17)11(2)3;1-9(2)25-14(26)7-19-16-17(25)23-13(6-18-16)11-4-5-12(22-10(11)3)15-20-8-21-24-15/h5-6,9-10,13,15-16,24H,7-8,11-12,14H2,1-4H3,(H,25,26);5-6,9-10,13,15-16,24H,7-8,11-12,14H2,1-4H3;7-10,12-13H,4-6,11,21H2,1-3H3;6-8,10-11H,5,9H2,1-4H3,(H,20,21);4-6,8-9H,7H2,1-3H3,(H,18,19)(H,20,21,24)/t2*16-,32-;13-;;/m111../s1. The van der Waals surface area contributed by atoms with Crippen molar-refractivity contribution in [3.8, 4) is 79.5 Å². The third-order valence-electron chi connectivity index (χ3n) is 28.0. The van der Waals surface area contributed by atoms with Crippen LogP contribution in [0.15, 0.2) is 140 Å². The van der Waals surface area contributed by atoms with Crippen LogP contribution < -0.4 is 36.0 Å². The fraction of sp³-hybridized carbons (Fsp3) is 0.446. The highest BCUT2D eigenvalue weighted by Gasteiger charge is 2.55. The molecule has 7 aliphatic rings. The molecule has 43 heteroatoms. The number of nitrogens with one attached hydrogen (secondary N) is 6. The largest absolute Gasteiger partial charge is 0.383 e. The fourth-order valence-electron chi connectivity index (χ4n) is 19.5. The Labute approximate surface area is 846 Å². The van der Waals surface area contributed by atoms with Crippen LogP contribution >= 0.6 is 15.9 Å². The number of anilines is 7. The van der Waals surface area contributed by atoms with Crippen molar-refractivity contribution in [3.63, 3.8) is 0 Å². The van der Waals surface area contributed by atoms with Gasteiger partial charge in [-0.05, 0) is 231 Å². The van der Waals surface area contributed by atoms with Crippen molar-refractivity contribution in [3.05, 3.63) is 168 Å². The van der Waals surface area contributed by atoms with Crippen LogP contribution in [0.3, 0.4) is 0 Å². The Morgan fingerprint density at radius 3 is 1.79 bits per heavy atom. The summed E-state index contributed by atoms with van der Waals surface area (Å²) in [6, 6.07) is 23.8. The second-order valence-corrected chi connectivity index (χ2v) is 45.2. The monoisotopic (exact) mass is 2050 g/mol. The highest BCUT2D eigenvalue weighted by Crippen LogP contribution is 2.55. The van der Waals surface area contributed by atoms with Gasteiger partial charge in [0.05, 0.1) is 119 Å². The van der Waals surface area contributed by atoms with Gasteiger partial charge < -0.3 is 45.4 Å². The van der Waals surface area contributed by atoms with Crippen LogP contribution in [-0.4, -0.2) is 264 Å². The number of aromatic nitrogens is 24. The van der Waals surface area contributed by atoms with E-state index < -0.39 is 29.0 Å². The molecule has 2 aliphatic carbocycles. The molecule has 15 aromatic heterocycles. The summed E-state index contributed by atoms with van der Waals surface area (Å²) in [4.78, 5) is 105. The number of ether oxygens (including phenoxy) is 1. The lowest BCUT2D eigenvalue weighted by atomic mass is 9.90. The molecular formula is C101H126BrN35O5S2. The Balaban J connectivity index is 0.000000119. The average Bonchev–Trinajstić information content (AvgIpc) is 1.57. The van der Waals surface area contributed by atoms with E-state index in [1.807, 2.05) is 150 Å². The maximum Gasteiger partial charge on any atom is 0.247 e. The predicted molar refractivity (Wildman–Crippen MR) is 565 cm³/mol. The van der Waals surface area contributed by atoms with E-state index in [2.05, 4.69) is 194 Å². The van der Waals surface area contributed by atoms with Crippen LogP contribution in [0.5, 0.6) is 0 Å². The molecule has 5 aliphatic heterocycles. The molecule has 40 nitrogen and oxygen atoms in total. The molecule has 754 valence electrons. The minimum Gasteiger partial charge on any atom is -0.383 e. The highest BCUT2D eigenvalue weighted by molar-refractivity contribution is 9.10. The second kappa shape index (κ2) is 40.9. The summed E-state index contributed by atoms with van der Waals surface area (Å²) in [5.41, 5.74) is 21.9. The Hall–Kier alpha value is -13.6. The van der Waals surface area contributed by atoms with Crippen LogP contribution in [0.2, 0.25) is 0 Å². The number of amides is 2. The van der Waals surface area contributed by atoms with E-state index in [1.165, 1.54) is 37.5 Å². The third kappa shape index (κ3) is 20.2. The Kier molecular flexibility index (Phi) is 28.5. The summed E-state index contributed by atoms with van der Waals surface area (Å²) in [5.74, 6) is 7.51. The van der Waals surface area contributed by atoms with Gasteiger partial charge in [-0.2, -0.15) is 15.3 Å². The molecule has 144 heavy (non-hydrogen) atoms. The lowest BCUT2D eigenvalue weighted by Crippen LogP contribution is -2.54. The lowest BCUT2D eigenvalue weighted by molar-refractivity contribution is -0.118. The zero-order chi connectivity index (χ0) is 102. The molecule has 5 atom stereocenters. The van der Waals surface area contributed by atoms with Crippen LogP contribution in [0.4, 0.5) is 40.7 Å². The number of nitrogen functional groups attached to an aromatic ring is 1. The molecule has 0 radical (unpaired) electrons. The normalized spacial score (nSPS) is 18.6. The molecule has 2 amide bonds. The number of fused-ring (bicyclic) bond motifs is 5. The van der Waals surface area contributed by atoms with Gasteiger partial charge in [-0.25, -0.2) is 87.4 Å². The number of aromatic amines is 2. The molecule has 0 spiro atoms. The quantitative estimate of drug-likeness (QED) is 0.0372. The maximum absolute atomic E-state index is 12.9. The Bertz CT molecular complexity index is 7530. The van der Waals surface area contributed by atoms with Crippen molar-refractivity contribution in [2.75, 3.05) is 121 Å². The third-order valence-corrected chi connectivity index (χ3v) is 33.1. The van der Waals surface area contributed by atoms with Crippen LogP contribution in [0.25, 0.3) is 107 Å². The minimum absolute atomic E-state index is 0.000880. The maximum atomic E-state index is 12.9. The Morgan fingerprint density at radius 2 is 1.22 bits per heavy atom. The number of halogens is 1. The first-order chi connectivity index (χ1) is 68.9. The minimum atomic E-state index is -2.80. The number of hydrogen-bond acceptors (Lipinski definition) is 32. The molecule has 20 heterocycles. The summed E-state index contributed by atoms with van der Waals surface area (Å²) in [6.45, 7) is 39.5. The van der Waals surface area contributed by atoms with Crippen molar-refractivity contribution in [1.29, 1.82) is 9.56 Å². The summed E-state index contributed by atoms with van der Waals surface area (Å²) >= 11 is 3.74. The number of piperazine rings is 1. The first kappa shape index (κ1) is 100. The van der Waals surface area contributed by atoms with Crippen molar-refractivity contribution in [1.82, 2.24) is 128 Å². The van der Waals surface area contributed by atoms with E-state index in [0.717, 1.165) is 153 Å². The smallest absolute Gasteiger partial charge is 0.247 e. The molecule has 8 N–H and O–H groups in total. The zero-order valence-corrected chi connectivity index (χ0v) is 87.9. The summed E-state index contributed by atoms with van der Waals surface area (Å²) < 4.78 is 55.4. The van der Waals surface area contributed by atoms with E-state index in [9.17, 15) is 18.0 Å². The van der Waals surface area contributed by atoms with Crippen molar-refractivity contribution in [2.24, 2.45) is 7.05 Å². The number of aryl methyl sites for hydroxylation is 3. The molecule has 22 rings (SSSR count). The number of likely N-dealkylation sites (N-methyl/N-ethyl adjacent to an activating group) is 1. The number of nitrogens with zero attached hydrogens (tertiary/aromatic N) is 28. The first-order valence-electron chi connectivity index (χ1n) is 49.1. The molecule has 3 saturated heterocycles. The van der Waals surface area contributed by atoms with Crippen LogP contribution in [0.1, 0.15) is 175 Å². The molecule has 0 bridgehead atoms. The van der Waals surface area contributed by atoms with E-state index in [-0.39, 0.29) is 49.1 Å². The van der Waals surface area contributed by atoms with Crippen molar-refractivity contribution < 1.29 is 22.7 Å². The van der Waals surface area contributed by atoms with Gasteiger partial charge in [-0.3, -0.25) is 43.6 Å². The van der Waals surface area contributed by atoms with Gasteiger partial charge >= 0.3 is 0 Å². The van der Waals surface area contributed by atoms with Crippen LogP contribution in [-0.2, 0) is 50.3 Å². The number of nitrogens with two attached hydrogens (primary N) is 1. The van der Waals surface area contributed by atoms with E-state index in [4.69, 9.17) is 44.9 Å². The number of rotatable bonds is 20. The number of morpholine rings is 1. The van der Waals surface area contributed by atoms with E-state index in [1.54, 1.807) is 51.9 Å². The van der Waals surface area contributed by atoms with Crippen molar-refractivity contribution in [2.45, 2.75) is 200 Å². The average molecular weight is 2050 g/mol. The summed E-state index contributed by atoms with van der Waals surface area (Å²) in [7, 11) is -3.67. The molecule has 15 aromatic rings. The van der Waals surface area contributed by atoms with Crippen LogP contribution in [0, 0.1) is 23.4 Å². The van der Waals surface area contributed by atoms with Gasteiger partial charge in [0.15, 0.2) is 46.6 Å². The fourth-order valence-corrected chi connectivity index (χ4v) is 22.9. The SMILES string of the molecule is CC(C)N1CCC[C@@H](c2cc3c(-c4cnn(C)c4)cnn3c(N)c2Br)C1.CC(C)N1CCN(c2cc(C3([S@](C)(=N)=O)CC3)nc(-c3ccnc4[nH]ccc34)n2)[C@H](C)C1.CC(C)n1ccc2c(-c3nc(N4CCOC[C@H]4C)cc(C4([S@](C)(=N)=O)CC4)n3)ccnc21.CCN1C(=O)CNc2ncc(-c3ccc(-c4ncn(C(C)C)n4)nc3C)nc21.Cc1nc(-c2ncn[nH]2)ccc1-c1cnc2c(n1)N(C(C)C)C(=O)CN2. The number of H-pyrrole nitrogens is 2. The van der Waals surface area contributed by atoms with E-state index in [0.29, 0.717) is 125 Å². The second-order valence-electron chi connectivity index (χ2n) is 39.5. The molecule has 5 fully saturated rings. The molecule has 0 aromatic carbocycles. The number of carbonyl (C=O) groups is 2. The van der Waals surface area contributed by atoms with Gasteiger partial charge in [0, 0.05) is 194 Å². The molecular weight excluding hydrogens is 1930 g/mol.